The number of ether oxygens (including phenoxy) is 1. The molecule has 5 rings (SSSR count). The number of aromatic amines is 1. The van der Waals surface area contributed by atoms with Crippen LogP contribution in [-0.2, 0) is 16.0 Å². The molecule has 1 amide bonds. The maximum Gasteiger partial charge on any atom is 0.490 e. The van der Waals surface area contributed by atoms with Gasteiger partial charge < -0.3 is 25.0 Å². The van der Waals surface area contributed by atoms with E-state index >= 15 is 0 Å². The van der Waals surface area contributed by atoms with Crippen LogP contribution in [-0.4, -0.2) is 65.0 Å². The summed E-state index contributed by atoms with van der Waals surface area (Å²) in [6.45, 7) is 6.76. The lowest BCUT2D eigenvalue weighted by Gasteiger charge is -2.36. The molecule has 1 fully saturated rings. The van der Waals surface area contributed by atoms with E-state index in [1.807, 2.05) is 24.3 Å². The normalized spacial score (nSPS) is 19.2. The highest BCUT2D eigenvalue weighted by Gasteiger charge is 2.38. The second kappa shape index (κ2) is 11.7. The van der Waals surface area contributed by atoms with E-state index in [1.54, 1.807) is 6.20 Å². The number of hydrogen-bond acceptors (Lipinski definition) is 5. The van der Waals surface area contributed by atoms with E-state index in [0.29, 0.717) is 6.54 Å². The third-order valence-electron chi connectivity index (χ3n) is 6.26. The van der Waals surface area contributed by atoms with Crippen LogP contribution in [0.1, 0.15) is 41.2 Å². The van der Waals surface area contributed by atoms with Gasteiger partial charge in [0.15, 0.2) is 0 Å². The van der Waals surface area contributed by atoms with Crippen molar-refractivity contribution < 1.29 is 32.6 Å². The first-order valence-electron chi connectivity index (χ1n) is 12.4. The van der Waals surface area contributed by atoms with Crippen molar-refractivity contribution in [1.29, 1.82) is 0 Å². The highest BCUT2D eigenvalue weighted by atomic mass is 19.4. The third-order valence-corrected chi connectivity index (χ3v) is 6.26. The molecule has 0 saturated carbocycles. The van der Waals surface area contributed by atoms with Crippen LogP contribution in [0.15, 0.2) is 48.7 Å². The molecule has 1 aromatic carbocycles. The molecule has 3 N–H and O–H groups in total. The number of carboxylic acid groups (broad SMARTS) is 1. The van der Waals surface area contributed by atoms with Gasteiger partial charge in [-0.15, -0.1) is 0 Å². The smallest absolute Gasteiger partial charge is 0.475 e. The Kier molecular flexibility index (Phi) is 8.39. The fourth-order valence-electron chi connectivity index (χ4n) is 4.52. The summed E-state index contributed by atoms with van der Waals surface area (Å²) in [6, 6.07) is 14.5. The zero-order chi connectivity index (χ0) is 28.2. The zero-order valence-corrected chi connectivity index (χ0v) is 21.5. The van der Waals surface area contributed by atoms with E-state index in [0.717, 1.165) is 53.3 Å². The molecule has 39 heavy (non-hydrogen) atoms. The number of H-pyrrole nitrogens is 1. The first-order chi connectivity index (χ1) is 18.5. The molecule has 2 aromatic heterocycles. The number of carboxylic acids is 1. The number of nitrogens with one attached hydrogen (secondary N) is 2. The van der Waals surface area contributed by atoms with Crippen molar-refractivity contribution in [3.63, 3.8) is 0 Å². The lowest BCUT2D eigenvalue weighted by atomic mass is 10.1. The third kappa shape index (κ3) is 7.26. The van der Waals surface area contributed by atoms with E-state index < -0.39 is 12.1 Å². The number of fused-ring (bicyclic) bond motifs is 1. The van der Waals surface area contributed by atoms with Gasteiger partial charge in [-0.05, 0) is 55.8 Å². The molecule has 0 spiro atoms. The van der Waals surface area contributed by atoms with Crippen LogP contribution >= 0.6 is 0 Å². The van der Waals surface area contributed by atoms with Crippen molar-refractivity contribution in [2.75, 3.05) is 24.5 Å². The Balaban J connectivity index is 0.000000448. The topological polar surface area (TPSA) is 108 Å². The van der Waals surface area contributed by atoms with Crippen molar-refractivity contribution >= 4 is 29.7 Å². The second-order valence-corrected chi connectivity index (χ2v) is 9.44. The predicted octanol–water partition coefficient (Wildman–Crippen LogP) is 4.78. The molecule has 3 aromatic rings. The average Bonchev–Trinajstić information content (AvgIpc) is 3.33. The molecular weight excluding hydrogens is 513 g/mol. The van der Waals surface area contributed by atoms with Crippen molar-refractivity contribution in [1.82, 2.24) is 15.3 Å². The van der Waals surface area contributed by atoms with Gasteiger partial charge in [0.2, 0.25) is 0 Å². The predicted molar refractivity (Wildman–Crippen MR) is 141 cm³/mol. The van der Waals surface area contributed by atoms with Crippen molar-refractivity contribution in [2.45, 2.75) is 38.7 Å². The highest BCUT2D eigenvalue weighted by Crippen LogP contribution is 2.25. The van der Waals surface area contributed by atoms with Crippen molar-refractivity contribution in [2.24, 2.45) is 0 Å². The van der Waals surface area contributed by atoms with Gasteiger partial charge in [-0.25, -0.2) is 4.79 Å². The maximum absolute atomic E-state index is 12.0. The van der Waals surface area contributed by atoms with Crippen LogP contribution < -0.4 is 10.2 Å². The van der Waals surface area contributed by atoms with E-state index in [4.69, 9.17) is 14.6 Å². The number of benzene rings is 1. The van der Waals surface area contributed by atoms with Gasteiger partial charge in [0.25, 0.3) is 5.91 Å². The summed E-state index contributed by atoms with van der Waals surface area (Å²) in [5.41, 5.74) is 6.94. The lowest BCUT2D eigenvalue weighted by Crippen LogP contribution is -2.45. The number of hydrogen-bond donors (Lipinski definition) is 3. The number of nitrogens with zero attached hydrogens (tertiary/aromatic N) is 2. The molecule has 8 nitrogen and oxygen atoms in total. The standard InChI is InChI=1S/C26H28N4O2.C2HF3O2/c1-17-15-30(16-18(2)32-17)22-7-4-19(5-8-22)3-6-21-13-20(9-11-27-21)25-14-23-24(29-25)10-12-28-26(23)31;3-2(4,5)1(6)7/h3-9,11,13-14,17-18,29H,10,12,15-16H2,1-2H3,(H,28,31);(H,6,7)/b6-3+;/t17-,18+;. The summed E-state index contributed by atoms with van der Waals surface area (Å²) in [5.74, 6) is -2.76. The number of amides is 1. The Bertz CT molecular complexity index is 1340. The summed E-state index contributed by atoms with van der Waals surface area (Å²) in [4.78, 5) is 31.2. The summed E-state index contributed by atoms with van der Waals surface area (Å²) in [7, 11) is 0. The van der Waals surface area contributed by atoms with Gasteiger partial charge in [-0.3, -0.25) is 9.78 Å². The van der Waals surface area contributed by atoms with Crippen LogP contribution in [0.5, 0.6) is 0 Å². The Morgan fingerprint density at radius 3 is 2.38 bits per heavy atom. The number of carbonyl (C=O) groups excluding carboxylic acids is 1. The van der Waals surface area contributed by atoms with Gasteiger partial charge in [0.1, 0.15) is 0 Å². The van der Waals surface area contributed by atoms with E-state index in [9.17, 15) is 18.0 Å². The summed E-state index contributed by atoms with van der Waals surface area (Å²) < 4.78 is 37.6. The van der Waals surface area contributed by atoms with Gasteiger partial charge >= 0.3 is 12.1 Å². The van der Waals surface area contributed by atoms with E-state index in [2.05, 4.69) is 64.4 Å². The monoisotopic (exact) mass is 542 g/mol. The fraction of sp³-hybridized carbons (Fsp3) is 0.321. The van der Waals surface area contributed by atoms with Gasteiger partial charge in [0, 0.05) is 54.9 Å². The highest BCUT2D eigenvalue weighted by molar-refractivity contribution is 5.97. The number of rotatable bonds is 4. The van der Waals surface area contributed by atoms with Gasteiger partial charge in [0.05, 0.1) is 23.5 Å². The Morgan fingerprint density at radius 2 is 1.77 bits per heavy atom. The quantitative estimate of drug-likeness (QED) is 0.438. The van der Waals surface area contributed by atoms with Crippen LogP contribution in [0, 0.1) is 0 Å². The molecule has 11 heteroatoms. The number of anilines is 1. The average molecular weight is 543 g/mol. The minimum atomic E-state index is -5.08. The van der Waals surface area contributed by atoms with Crippen molar-refractivity contribution in [3.05, 3.63) is 71.2 Å². The Hall–Kier alpha value is -4.12. The Morgan fingerprint density at radius 1 is 1.10 bits per heavy atom. The number of halogens is 3. The number of pyridine rings is 1. The molecule has 4 heterocycles. The summed E-state index contributed by atoms with van der Waals surface area (Å²) >= 11 is 0. The number of alkyl halides is 3. The van der Waals surface area contributed by atoms with Gasteiger partial charge in [-0.2, -0.15) is 13.2 Å². The van der Waals surface area contributed by atoms with Crippen LogP contribution in [0.2, 0.25) is 0 Å². The molecule has 206 valence electrons. The number of carbonyl (C=O) groups is 2. The molecule has 0 unspecified atom stereocenters. The summed E-state index contributed by atoms with van der Waals surface area (Å²) in [6.07, 6.45) is 2.14. The minimum absolute atomic E-state index is 0.00707. The number of aromatic nitrogens is 2. The first kappa shape index (κ1) is 27.9. The molecule has 2 aliphatic rings. The van der Waals surface area contributed by atoms with Gasteiger partial charge in [-0.1, -0.05) is 18.2 Å². The maximum atomic E-state index is 12.0. The lowest BCUT2D eigenvalue weighted by molar-refractivity contribution is -0.192. The number of aliphatic carboxylic acids is 1. The molecule has 1 saturated heterocycles. The Labute approximate surface area is 223 Å². The van der Waals surface area contributed by atoms with Crippen LogP contribution in [0.3, 0.4) is 0 Å². The molecule has 0 radical (unpaired) electrons. The molecule has 0 aliphatic carbocycles. The van der Waals surface area contributed by atoms with Crippen LogP contribution in [0.25, 0.3) is 23.4 Å². The summed E-state index contributed by atoms with van der Waals surface area (Å²) in [5, 5.41) is 10.0. The van der Waals surface area contributed by atoms with Crippen LogP contribution in [0.4, 0.5) is 18.9 Å². The van der Waals surface area contributed by atoms with E-state index in [-0.39, 0.29) is 18.1 Å². The first-order valence-corrected chi connectivity index (χ1v) is 12.4. The van der Waals surface area contributed by atoms with E-state index in [1.165, 1.54) is 5.69 Å². The molecule has 2 aliphatic heterocycles. The molecular formula is C28H29F3N4O4. The number of morpholine rings is 1. The van der Waals surface area contributed by atoms with Crippen molar-refractivity contribution in [3.8, 4) is 11.3 Å². The minimum Gasteiger partial charge on any atom is -0.475 e. The zero-order valence-electron chi connectivity index (χ0n) is 21.5. The second-order valence-electron chi connectivity index (χ2n) is 9.44. The molecule has 2 atom stereocenters. The molecule has 0 bridgehead atoms. The SMILES string of the molecule is C[C@@H]1CN(c2ccc(/C=C/c3cc(-c4cc5c([nH]4)CCNC5=O)ccn3)cc2)C[C@H](C)O1.O=C(O)C(F)(F)F. The largest absolute Gasteiger partial charge is 0.490 e. The fourth-order valence-corrected chi connectivity index (χ4v) is 4.52.